The van der Waals surface area contributed by atoms with Gasteiger partial charge in [0.1, 0.15) is 6.10 Å². The number of amides is 1. The van der Waals surface area contributed by atoms with E-state index in [1.54, 1.807) is 18.2 Å². The van der Waals surface area contributed by atoms with Gasteiger partial charge in [-0.05, 0) is 36.6 Å². The summed E-state index contributed by atoms with van der Waals surface area (Å²) in [5, 5.41) is 1.07. The Hall–Kier alpha value is -0.860. The van der Waals surface area contributed by atoms with Crippen LogP contribution in [0.1, 0.15) is 24.5 Å². The van der Waals surface area contributed by atoms with Crippen LogP contribution in [0.4, 0.5) is 0 Å². The molecule has 9 heteroatoms. The van der Waals surface area contributed by atoms with Gasteiger partial charge in [-0.2, -0.15) is 0 Å². The van der Waals surface area contributed by atoms with Crippen molar-refractivity contribution in [2.24, 2.45) is 5.92 Å². The quantitative estimate of drug-likeness (QED) is 0.753. The zero-order chi connectivity index (χ0) is 18.9. The normalized spacial score (nSPS) is 23.2. The average Bonchev–Trinajstić information content (AvgIpc) is 2.60. The topological polar surface area (TPSA) is 66.9 Å². The number of hydrogen-bond donors (Lipinski definition) is 0. The number of piperidine rings is 1. The van der Waals surface area contributed by atoms with E-state index in [2.05, 4.69) is 0 Å². The van der Waals surface area contributed by atoms with Gasteiger partial charge in [0, 0.05) is 35.6 Å². The second-order valence-corrected chi connectivity index (χ2v) is 9.64. The summed E-state index contributed by atoms with van der Waals surface area (Å²) in [7, 11) is -3.19. The fraction of sp³-hybridized carbons (Fsp3) is 0.588. The standard InChI is InChI=1S/C17H22Cl2N2O4S/c1-26(23,24)21-4-2-12(3-5-21)17(22)20-6-7-25-16(11-20)13-8-14(18)10-15(19)9-13/h8-10,12,16H,2-7,11H2,1H3. The molecule has 1 aromatic carbocycles. The number of hydrogen-bond acceptors (Lipinski definition) is 4. The number of carbonyl (C=O) groups excluding carboxylic acids is 1. The SMILES string of the molecule is CS(=O)(=O)N1CCC(C(=O)N2CCOC(c3cc(Cl)cc(Cl)c3)C2)CC1. The highest BCUT2D eigenvalue weighted by Crippen LogP contribution is 2.29. The molecule has 0 spiro atoms. The molecule has 0 aromatic heterocycles. The minimum absolute atomic E-state index is 0.0691. The van der Waals surface area contributed by atoms with Gasteiger partial charge in [0.25, 0.3) is 0 Å². The van der Waals surface area contributed by atoms with Crippen LogP contribution in [-0.2, 0) is 19.6 Å². The van der Waals surface area contributed by atoms with Crippen molar-refractivity contribution in [3.63, 3.8) is 0 Å². The molecule has 0 saturated carbocycles. The molecule has 26 heavy (non-hydrogen) atoms. The van der Waals surface area contributed by atoms with Crippen molar-refractivity contribution in [3.05, 3.63) is 33.8 Å². The fourth-order valence-electron chi connectivity index (χ4n) is 3.50. The first kappa shape index (κ1) is 19.9. The van der Waals surface area contributed by atoms with Gasteiger partial charge in [0.2, 0.25) is 15.9 Å². The molecule has 2 heterocycles. The minimum atomic E-state index is -3.19. The second-order valence-electron chi connectivity index (χ2n) is 6.78. The van der Waals surface area contributed by atoms with Gasteiger partial charge in [-0.15, -0.1) is 0 Å². The van der Waals surface area contributed by atoms with Crippen LogP contribution in [0.25, 0.3) is 0 Å². The van der Waals surface area contributed by atoms with Gasteiger partial charge in [0.15, 0.2) is 0 Å². The molecule has 0 bridgehead atoms. The first-order chi connectivity index (χ1) is 12.2. The number of morpholine rings is 1. The van der Waals surface area contributed by atoms with E-state index in [-0.39, 0.29) is 17.9 Å². The maximum Gasteiger partial charge on any atom is 0.225 e. The van der Waals surface area contributed by atoms with Crippen LogP contribution >= 0.6 is 23.2 Å². The largest absolute Gasteiger partial charge is 0.370 e. The van der Waals surface area contributed by atoms with Gasteiger partial charge in [-0.25, -0.2) is 12.7 Å². The molecule has 2 fully saturated rings. The van der Waals surface area contributed by atoms with Crippen molar-refractivity contribution >= 4 is 39.1 Å². The maximum atomic E-state index is 12.9. The molecule has 1 unspecified atom stereocenters. The lowest BCUT2D eigenvalue weighted by Crippen LogP contribution is -2.48. The summed E-state index contributed by atoms with van der Waals surface area (Å²) in [5.41, 5.74) is 0.854. The van der Waals surface area contributed by atoms with Gasteiger partial charge < -0.3 is 9.64 Å². The molecular weight excluding hydrogens is 399 g/mol. The van der Waals surface area contributed by atoms with E-state index < -0.39 is 10.0 Å². The van der Waals surface area contributed by atoms with Crippen molar-refractivity contribution < 1.29 is 17.9 Å². The lowest BCUT2D eigenvalue weighted by molar-refractivity contribution is -0.144. The number of ether oxygens (including phenoxy) is 1. The van der Waals surface area contributed by atoms with Crippen molar-refractivity contribution in [1.82, 2.24) is 9.21 Å². The molecular formula is C17H22Cl2N2O4S. The average molecular weight is 421 g/mol. The van der Waals surface area contributed by atoms with Gasteiger partial charge in [-0.3, -0.25) is 4.79 Å². The van der Waals surface area contributed by atoms with Crippen LogP contribution in [0.5, 0.6) is 0 Å². The van der Waals surface area contributed by atoms with E-state index >= 15 is 0 Å². The third kappa shape index (κ3) is 4.70. The predicted octanol–water partition coefficient (Wildman–Crippen LogP) is 2.56. The van der Waals surface area contributed by atoms with Crippen LogP contribution in [0, 0.1) is 5.92 Å². The Morgan fingerprint density at radius 2 is 1.73 bits per heavy atom. The lowest BCUT2D eigenvalue weighted by atomic mass is 9.96. The van der Waals surface area contributed by atoms with Crippen molar-refractivity contribution in [2.75, 3.05) is 39.0 Å². The smallest absolute Gasteiger partial charge is 0.225 e. The number of halogens is 2. The first-order valence-electron chi connectivity index (χ1n) is 8.55. The second kappa shape index (κ2) is 8.02. The third-order valence-corrected chi connectivity index (χ3v) is 6.65. The number of sulfonamides is 1. The highest BCUT2D eigenvalue weighted by Gasteiger charge is 2.34. The monoisotopic (exact) mass is 420 g/mol. The molecule has 1 atom stereocenters. The van der Waals surface area contributed by atoms with Crippen molar-refractivity contribution in [3.8, 4) is 0 Å². The molecule has 1 amide bonds. The molecule has 2 aliphatic rings. The van der Waals surface area contributed by atoms with Gasteiger partial charge in [0.05, 0.1) is 19.4 Å². The van der Waals surface area contributed by atoms with E-state index in [9.17, 15) is 13.2 Å². The van der Waals surface area contributed by atoms with Gasteiger partial charge >= 0.3 is 0 Å². The molecule has 0 N–H and O–H groups in total. The minimum Gasteiger partial charge on any atom is -0.370 e. The summed E-state index contributed by atoms with van der Waals surface area (Å²) in [6.07, 6.45) is 2.05. The van der Waals surface area contributed by atoms with E-state index in [0.29, 0.717) is 55.7 Å². The van der Waals surface area contributed by atoms with Gasteiger partial charge in [-0.1, -0.05) is 23.2 Å². The summed E-state index contributed by atoms with van der Waals surface area (Å²) in [6, 6.07) is 5.27. The summed E-state index contributed by atoms with van der Waals surface area (Å²) < 4.78 is 30.5. The highest BCUT2D eigenvalue weighted by molar-refractivity contribution is 7.88. The molecule has 2 saturated heterocycles. The Balaban J connectivity index is 1.63. The molecule has 1 aromatic rings. The molecule has 144 valence electrons. The predicted molar refractivity (Wildman–Crippen MR) is 101 cm³/mol. The zero-order valence-electron chi connectivity index (χ0n) is 14.5. The summed E-state index contributed by atoms with van der Waals surface area (Å²) in [4.78, 5) is 14.7. The molecule has 0 aliphatic carbocycles. The molecule has 6 nitrogen and oxygen atoms in total. The maximum absolute atomic E-state index is 12.9. The number of rotatable bonds is 3. The van der Waals surface area contributed by atoms with Crippen LogP contribution in [0.3, 0.4) is 0 Å². The Morgan fingerprint density at radius 3 is 2.31 bits per heavy atom. The molecule has 0 radical (unpaired) electrons. The lowest BCUT2D eigenvalue weighted by Gasteiger charge is -2.37. The number of nitrogens with zero attached hydrogens (tertiary/aromatic N) is 2. The Bertz CT molecular complexity index is 759. The third-order valence-electron chi connectivity index (χ3n) is 4.91. The van der Waals surface area contributed by atoms with Crippen LogP contribution < -0.4 is 0 Å². The van der Waals surface area contributed by atoms with Crippen LogP contribution in [0.2, 0.25) is 10.0 Å². The molecule has 3 rings (SSSR count). The molecule has 2 aliphatic heterocycles. The van der Waals surface area contributed by atoms with Crippen molar-refractivity contribution in [1.29, 1.82) is 0 Å². The van der Waals surface area contributed by atoms with Crippen molar-refractivity contribution in [2.45, 2.75) is 18.9 Å². The van der Waals surface area contributed by atoms with Crippen LogP contribution in [-0.4, -0.2) is 62.6 Å². The summed E-state index contributed by atoms with van der Waals surface area (Å²) in [5.74, 6) is -0.0747. The summed E-state index contributed by atoms with van der Waals surface area (Å²) in [6.45, 7) is 2.22. The fourth-order valence-corrected chi connectivity index (χ4v) is 4.92. The number of carbonyl (C=O) groups is 1. The zero-order valence-corrected chi connectivity index (χ0v) is 16.9. The highest BCUT2D eigenvalue weighted by atomic mass is 35.5. The summed E-state index contributed by atoms with van der Waals surface area (Å²) >= 11 is 12.1. The Labute approximate surface area is 164 Å². The Morgan fingerprint density at radius 1 is 1.12 bits per heavy atom. The Kier molecular flexibility index (Phi) is 6.14. The van der Waals surface area contributed by atoms with E-state index in [4.69, 9.17) is 27.9 Å². The number of benzene rings is 1. The van der Waals surface area contributed by atoms with Crippen LogP contribution in [0.15, 0.2) is 18.2 Å². The van der Waals surface area contributed by atoms with E-state index in [0.717, 1.165) is 5.56 Å². The van der Waals surface area contributed by atoms with E-state index in [1.165, 1.54) is 10.6 Å². The van der Waals surface area contributed by atoms with E-state index in [1.807, 2.05) is 4.90 Å². The first-order valence-corrected chi connectivity index (χ1v) is 11.2.